The molecule has 0 radical (unpaired) electrons. The van der Waals surface area contributed by atoms with Crippen molar-refractivity contribution in [2.75, 3.05) is 0 Å². The van der Waals surface area contributed by atoms with Crippen molar-refractivity contribution in [2.45, 2.75) is 0 Å². The maximum Gasteiger partial charge on any atom is 0.295 e. The number of nitrogens with one attached hydrogen (secondary N) is 1. The monoisotopic (exact) mass is 365 g/mol. The minimum absolute atomic E-state index is 0.150. The van der Waals surface area contributed by atoms with Crippen molar-refractivity contribution in [1.82, 2.24) is 4.98 Å². The van der Waals surface area contributed by atoms with Crippen LogP contribution in [-0.4, -0.2) is 10.1 Å². The van der Waals surface area contributed by atoms with Gasteiger partial charge in [0.2, 0.25) is 5.75 Å². The quantitative estimate of drug-likeness (QED) is 0.705. The van der Waals surface area contributed by atoms with Crippen LogP contribution in [-0.2, 0) is 0 Å². The Hall–Kier alpha value is -1.98. The maximum atomic E-state index is 12.0. The van der Waals surface area contributed by atoms with E-state index in [1.807, 2.05) is 0 Å². The van der Waals surface area contributed by atoms with Crippen LogP contribution in [0.4, 0.5) is 0 Å². The fraction of sp³-hybridized carbons (Fsp3) is 0. The highest BCUT2D eigenvalue weighted by atomic mass is 79.9. The van der Waals surface area contributed by atoms with E-state index in [4.69, 9.17) is 16.3 Å². The normalized spacial score (nSPS) is 10.8. The molecule has 1 heterocycles. The van der Waals surface area contributed by atoms with Crippen LogP contribution in [0.15, 0.2) is 51.7 Å². The van der Waals surface area contributed by atoms with Crippen LogP contribution in [0.1, 0.15) is 0 Å². The summed E-state index contributed by atoms with van der Waals surface area (Å²) in [7, 11) is 0. The van der Waals surface area contributed by atoms with Gasteiger partial charge in [0.1, 0.15) is 5.75 Å². The van der Waals surface area contributed by atoms with Gasteiger partial charge in [0.25, 0.3) is 5.56 Å². The number of halogens is 2. The van der Waals surface area contributed by atoms with Gasteiger partial charge in [-0.25, -0.2) is 0 Å². The molecule has 1 aromatic heterocycles. The van der Waals surface area contributed by atoms with E-state index >= 15 is 0 Å². The number of benzene rings is 2. The van der Waals surface area contributed by atoms with Gasteiger partial charge in [-0.3, -0.25) is 4.79 Å². The lowest BCUT2D eigenvalue weighted by atomic mass is 10.2. The summed E-state index contributed by atoms with van der Waals surface area (Å²) in [5, 5.41) is 11.3. The predicted molar refractivity (Wildman–Crippen MR) is 85.5 cm³/mol. The molecular weight excluding hydrogens is 358 g/mol. The van der Waals surface area contributed by atoms with Gasteiger partial charge >= 0.3 is 0 Å². The van der Waals surface area contributed by atoms with E-state index in [0.29, 0.717) is 21.7 Å². The molecule has 0 aliphatic heterocycles. The highest BCUT2D eigenvalue weighted by Crippen LogP contribution is 2.34. The molecular formula is C15H9BrClNO3. The van der Waals surface area contributed by atoms with E-state index in [2.05, 4.69) is 20.9 Å². The summed E-state index contributed by atoms with van der Waals surface area (Å²) >= 11 is 9.12. The van der Waals surface area contributed by atoms with E-state index < -0.39 is 5.56 Å². The van der Waals surface area contributed by atoms with Crippen LogP contribution in [0.5, 0.6) is 17.2 Å². The number of aromatic amines is 1. The number of rotatable bonds is 2. The molecule has 6 heteroatoms. The zero-order valence-electron chi connectivity index (χ0n) is 10.6. The number of pyridine rings is 1. The molecule has 0 atom stereocenters. The second kappa shape index (κ2) is 5.42. The summed E-state index contributed by atoms with van der Waals surface area (Å²) < 4.78 is 6.26. The van der Waals surface area contributed by atoms with Crippen molar-refractivity contribution in [3.05, 3.63) is 62.3 Å². The molecule has 106 valence electrons. The number of H-pyrrole nitrogens is 1. The fourth-order valence-corrected chi connectivity index (χ4v) is 2.43. The molecule has 0 saturated carbocycles. The van der Waals surface area contributed by atoms with Gasteiger partial charge in [-0.2, -0.15) is 0 Å². The Morgan fingerprint density at radius 3 is 2.57 bits per heavy atom. The van der Waals surface area contributed by atoms with Gasteiger partial charge in [-0.1, -0.05) is 27.5 Å². The number of hydrogen-bond acceptors (Lipinski definition) is 3. The summed E-state index contributed by atoms with van der Waals surface area (Å²) in [4.78, 5) is 14.7. The molecule has 0 amide bonds. The predicted octanol–water partition coefficient (Wildman–Crippen LogP) is 4.44. The second-order valence-corrected chi connectivity index (χ2v) is 5.73. The van der Waals surface area contributed by atoms with E-state index in [-0.39, 0.29) is 11.5 Å². The third-order valence-corrected chi connectivity index (χ3v) is 3.69. The van der Waals surface area contributed by atoms with Gasteiger partial charge < -0.3 is 14.8 Å². The topological polar surface area (TPSA) is 62.3 Å². The summed E-state index contributed by atoms with van der Waals surface area (Å²) in [6.07, 6.45) is 0. The lowest BCUT2D eigenvalue weighted by molar-refractivity contribution is 0.410. The highest BCUT2D eigenvalue weighted by molar-refractivity contribution is 9.10. The standard InChI is InChI=1S/C15H9BrClNO3/c16-8-1-6-12-11(7-8)13(19)14(15(20)18-12)21-10-4-2-9(17)3-5-10/h1-7H,(H2,18,19,20). The lowest BCUT2D eigenvalue weighted by Crippen LogP contribution is -2.09. The van der Waals surface area contributed by atoms with Crippen LogP contribution in [0.25, 0.3) is 10.9 Å². The minimum Gasteiger partial charge on any atom is -0.504 e. The molecule has 0 unspecified atom stereocenters. The van der Waals surface area contributed by atoms with E-state index in [0.717, 1.165) is 4.47 Å². The highest BCUT2D eigenvalue weighted by Gasteiger charge is 2.14. The average Bonchev–Trinajstić information content (AvgIpc) is 2.46. The van der Waals surface area contributed by atoms with Crippen molar-refractivity contribution in [3.63, 3.8) is 0 Å². The van der Waals surface area contributed by atoms with Crippen LogP contribution in [0.2, 0.25) is 5.02 Å². The Morgan fingerprint density at radius 1 is 1.14 bits per heavy atom. The molecule has 2 N–H and O–H groups in total. The van der Waals surface area contributed by atoms with Gasteiger partial charge in [-0.05, 0) is 42.5 Å². The number of aromatic hydroxyl groups is 1. The first-order valence-corrected chi connectivity index (χ1v) is 7.19. The first kappa shape index (κ1) is 14.0. The summed E-state index contributed by atoms with van der Waals surface area (Å²) in [6, 6.07) is 11.7. The number of aromatic nitrogens is 1. The molecule has 0 saturated heterocycles. The van der Waals surface area contributed by atoms with Crippen molar-refractivity contribution in [1.29, 1.82) is 0 Å². The molecule has 3 rings (SSSR count). The van der Waals surface area contributed by atoms with Crippen LogP contribution in [0, 0.1) is 0 Å². The van der Waals surface area contributed by atoms with Crippen LogP contribution >= 0.6 is 27.5 Å². The SMILES string of the molecule is O=c1[nH]c2ccc(Br)cc2c(O)c1Oc1ccc(Cl)cc1. The smallest absolute Gasteiger partial charge is 0.295 e. The zero-order chi connectivity index (χ0) is 15.0. The van der Waals surface area contributed by atoms with Crippen molar-refractivity contribution in [2.24, 2.45) is 0 Å². The zero-order valence-corrected chi connectivity index (χ0v) is 12.9. The molecule has 0 fully saturated rings. The van der Waals surface area contributed by atoms with Crippen LogP contribution in [0.3, 0.4) is 0 Å². The molecule has 0 spiro atoms. The molecule has 2 aromatic carbocycles. The second-order valence-electron chi connectivity index (χ2n) is 4.38. The minimum atomic E-state index is -0.503. The average molecular weight is 367 g/mol. The van der Waals surface area contributed by atoms with Gasteiger partial charge in [0.05, 0.1) is 5.52 Å². The Kier molecular flexibility index (Phi) is 3.61. The third kappa shape index (κ3) is 2.75. The van der Waals surface area contributed by atoms with Crippen LogP contribution < -0.4 is 10.3 Å². The molecule has 0 aliphatic carbocycles. The van der Waals surface area contributed by atoms with Crippen molar-refractivity contribution >= 4 is 38.4 Å². The van der Waals surface area contributed by atoms with E-state index in [1.165, 1.54) is 0 Å². The Morgan fingerprint density at radius 2 is 1.86 bits per heavy atom. The van der Waals surface area contributed by atoms with Gasteiger partial charge in [0.15, 0.2) is 5.75 Å². The Labute approximate surface area is 133 Å². The molecule has 0 bridgehead atoms. The summed E-state index contributed by atoms with van der Waals surface area (Å²) in [5.74, 6) is 0.0578. The number of ether oxygens (including phenoxy) is 1. The fourth-order valence-electron chi connectivity index (χ4n) is 1.95. The maximum absolute atomic E-state index is 12.0. The Bertz CT molecular complexity index is 874. The molecule has 21 heavy (non-hydrogen) atoms. The lowest BCUT2D eigenvalue weighted by Gasteiger charge is -2.09. The van der Waals surface area contributed by atoms with Crippen molar-refractivity contribution < 1.29 is 9.84 Å². The number of hydrogen-bond donors (Lipinski definition) is 2. The first-order valence-electron chi connectivity index (χ1n) is 6.02. The van der Waals surface area contributed by atoms with E-state index in [9.17, 15) is 9.90 Å². The van der Waals surface area contributed by atoms with Gasteiger partial charge in [-0.15, -0.1) is 0 Å². The Balaban J connectivity index is 2.13. The third-order valence-electron chi connectivity index (χ3n) is 2.94. The molecule has 0 aliphatic rings. The molecule has 3 aromatic rings. The summed E-state index contributed by atoms with van der Waals surface area (Å²) in [5.41, 5.74) is 0.0291. The first-order chi connectivity index (χ1) is 10.0. The largest absolute Gasteiger partial charge is 0.504 e. The van der Waals surface area contributed by atoms with E-state index in [1.54, 1.807) is 42.5 Å². The molecule has 4 nitrogen and oxygen atoms in total. The van der Waals surface area contributed by atoms with Crippen molar-refractivity contribution in [3.8, 4) is 17.2 Å². The van der Waals surface area contributed by atoms with Gasteiger partial charge in [0, 0.05) is 14.9 Å². The summed E-state index contributed by atoms with van der Waals surface area (Å²) in [6.45, 7) is 0. The number of fused-ring (bicyclic) bond motifs is 1.